The van der Waals surface area contributed by atoms with E-state index in [-0.39, 0.29) is 6.29 Å². The highest BCUT2D eigenvalue weighted by atomic mass is 16.7. The van der Waals surface area contributed by atoms with Crippen LogP contribution in [0.2, 0.25) is 0 Å². The molecule has 0 aliphatic rings. The Labute approximate surface area is 127 Å². The van der Waals surface area contributed by atoms with Crippen LogP contribution in [0.5, 0.6) is 0 Å². The van der Waals surface area contributed by atoms with Crippen molar-refractivity contribution in [2.75, 3.05) is 34.4 Å². The highest BCUT2D eigenvalue weighted by Gasteiger charge is 2.23. The minimum atomic E-state index is -0.631. The molecule has 0 radical (unpaired) electrons. The van der Waals surface area contributed by atoms with Crippen LogP contribution in [0, 0.1) is 0 Å². The summed E-state index contributed by atoms with van der Waals surface area (Å²) in [4.78, 5) is 1.91. The van der Waals surface area contributed by atoms with Crippen LogP contribution in [0.3, 0.4) is 0 Å². The first kappa shape index (κ1) is 18.1. The van der Waals surface area contributed by atoms with E-state index in [4.69, 9.17) is 14.2 Å². The average molecular weight is 297 g/mol. The number of ether oxygens (including phenoxy) is 3. The molecule has 3 unspecified atom stereocenters. The number of aliphatic hydroxyl groups excluding tert-OH is 1. The number of hydrogen-bond donors (Lipinski definition) is 1. The van der Waals surface area contributed by atoms with E-state index in [0.29, 0.717) is 19.8 Å². The van der Waals surface area contributed by atoms with Gasteiger partial charge in [-0.2, -0.15) is 0 Å². The lowest BCUT2D eigenvalue weighted by Gasteiger charge is -2.27. The van der Waals surface area contributed by atoms with Crippen molar-refractivity contribution in [1.29, 1.82) is 0 Å². The summed E-state index contributed by atoms with van der Waals surface area (Å²) in [5.41, 5.74) is 1.10. The maximum Gasteiger partial charge on any atom is 0.155 e. The van der Waals surface area contributed by atoms with Crippen LogP contribution in [0.15, 0.2) is 30.3 Å². The van der Waals surface area contributed by atoms with E-state index in [2.05, 4.69) is 0 Å². The van der Waals surface area contributed by atoms with Crippen molar-refractivity contribution < 1.29 is 19.3 Å². The van der Waals surface area contributed by atoms with Crippen LogP contribution in [-0.2, 0) is 20.8 Å². The Morgan fingerprint density at radius 1 is 1.19 bits per heavy atom. The highest BCUT2D eigenvalue weighted by Crippen LogP contribution is 2.08. The Bertz CT molecular complexity index is 372. The molecule has 3 atom stereocenters. The fourth-order valence-corrected chi connectivity index (χ4v) is 1.90. The Hall–Kier alpha value is -0.980. The van der Waals surface area contributed by atoms with E-state index in [0.717, 1.165) is 5.56 Å². The van der Waals surface area contributed by atoms with Gasteiger partial charge in [-0.1, -0.05) is 30.3 Å². The standard InChI is InChI=1S/C16H27NO4/c1-13(19-4)21-16(15(18)10-17(2)3)12-20-11-14-8-6-5-7-9-14/h5-9,13,15-16,18H,10-12H2,1-4H3. The molecule has 1 aromatic carbocycles. The third-order valence-electron chi connectivity index (χ3n) is 3.07. The molecule has 1 rings (SSSR count). The lowest BCUT2D eigenvalue weighted by atomic mass is 10.2. The van der Waals surface area contributed by atoms with Gasteiger partial charge >= 0.3 is 0 Å². The molecule has 0 saturated heterocycles. The molecule has 0 aliphatic heterocycles. The van der Waals surface area contributed by atoms with Crippen molar-refractivity contribution in [3.8, 4) is 0 Å². The minimum Gasteiger partial charge on any atom is -0.389 e. The Morgan fingerprint density at radius 3 is 2.43 bits per heavy atom. The molecule has 0 fully saturated rings. The van der Waals surface area contributed by atoms with E-state index in [1.54, 1.807) is 14.0 Å². The molecule has 0 spiro atoms. The maximum absolute atomic E-state index is 10.2. The third-order valence-corrected chi connectivity index (χ3v) is 3.07. The molecule has 5 heteroatoms. The smallest absolute Gasteiger partial charge is 0.155 e. The van der Waals surface area contributed by atoms with Gasteiger partial charge in [0.05, 0.1) is 19.3 Å². The normalized spacial score (nSPS) is 15.9. The first-order valence-corrected chi connectivity index (χ1v) is 7.15. The van der Waals surface area contributed by atoms with E-state index in [9.17, 15) is 5.11 Å². The van der Waals surface area contributed by atoms with Crippen LogP contribution in [0.25, 0.3) is 0 Å². The molecule has 0 heterocycles. The van der Waals surface area contributed by atoms with Crippen molar-refractivity contribution in [1.82, 2.24) is 4.90 Å². The van der Waals surface area contributed by atoms with Gasteiger partial charge in [0.1, 0.15) is 6.10 Å². The summed E-state index contributed by atoms with van der Waals surface area (Å²) in [5, 5.41) is 10.2. The van der Waals surface area contributed by atoms with Gasteiger partial charge in [-0.15, -0.1) is 0 Å². The second-order valence-electron chi connectivity index (χ2n) is 5.31. The van der Waals surface area contributed by atoms with Gasteiger partial charge in [0.2, 0.25) is 0 Å². The summed E-state index contributed by atoms with van der Waals surface area (Å²) >= 11 is 0. The molecule has 5 nitrogen and oxygen atoms in total. The number of aliphatic hydroxyl groups is 1. The zero-order valence-corrected chi connectivity index (χ0v) is 13.4. The molecule has 0 amide bonds. The van der Waals surface area contributed by atoms with E-state index in [1.165, 1.54) is 0 Å². The predicted molar refractivity (Wildman–Crippen MR) is 82.0 cm³/mol. The molecule has 1 N–H and O–H groups in total. The second-order valence-corrected chi connectivity index (χ2v) is 5.31. The van der Waals surface area contributed by atoms with Gasteiger partial charge in [-0.3, -0.25) is 0 Å². The number of benzene rings is 1. The monoisotopic (exact) mass is 297 g/mol. The van der Waals surface area contributed by atoms with E-state index >= 15 is 0 Å². The SMILES string of the molecule is COC(C)OC(COCc1ccccc1)C(O)CN(C)C. The summed E-state index contributed by atoms with van der Waals surface area (Å²) in [6, 6.07) is 9.92. The summed E-state index contributed by atoms with van der Waals surface area (Å²) in [7, 11) is 5.39. The summed E-state index contributed by atoms with van der Waals surface area (Å²) in [5.74, 6) is 0. The largest absolute Gasteiger partial charge is 0.389 e. The average Bonchev–Trinajstić information content (AvgIpc) is 2.46. The third kappa shape index (κ3) is 7.55. The molecule has 0 saturated carbocycles. The number of hydrogen-bond acceptors (Lipinski definition) is 5. The Kier molecular flexibility index (Phi) is 8.49. The van der Waals surface area contributed by atoms with Crippen molar-refractivity contribution in [3.05, 3.63) is 35.9 Å². The summed E-state index contributed by atoms with van der Waals surface area (Å²) < 4.78 is 16.4. The van der Waals surface area contributed by atoms with Gasteiger partial charge < -0.3 is 24.2 Å². The van der Waals surface area contributed by atoms with Gasteiger partial charge in [0.15, 0.2) is 6.29 Å². The molecule has 0 aliphatic carbocycles. The summed E-state index contributed by atoms with van der Waals surface area (Å²) in [6.07, 6.45) is -1.44. The lowest BCUT2D eigenvalue weighted by Crippen LogP contribution is -2.42. The Morgan fingerprint density at radius 2 is 1.86 bits per heavy atom. The van der Waals surface area contributed by atoms with Crippen LogP contribution >= 0.6 is 0 Å². The van der Waals surface area contributed by atoms with Crippen molar-refractivity contribution in [2.24, 2.45) is 0 Å². The van der Waals surface area contributed by atoms with Crippen molar-refractivity contribution in [2.45, 2.75) is 32.0 Å². The molecular weight excluding hydrogens is 270 g/mol. The number of rotatable bonds is 10. The lowest BCUT2D eigenvalue weighted by molar-refractivity contribution is -0.188. The second kappa shape index (κ2) is 9.87. The highest BCUT2D eigenvalue weighted by molar-refractivity contribution is 5.13. The fourth-order valence-electron chi connectivity index (χ4n) is 1.90. The summed E-state index contributed by atoms with van der Waals surface area (Å²) in [6.45, 7) is 3.12. The Balaban J connectivity index is 2.47. The van der Waals surface area contributed by atoms with Gasteiger partial charge in [-0.25, -0.2) is 0 Å². The van der Waals surface area contributed by atoms with Gasteiger partial charge in [0.25, 0.3) is 0 Å². The molecule has 0 bridgehead atoms. The molecule has 21 heavy (non-hydrogen) atoms. The van der Waals surface area contributed by atoms with Crippen LogP contribution in [-0.4, -0.2) is 62.9 Å². The quantitative estimate of drug-likeness (QED) is 0.663. The van der Waals surface area contributed by atoms with Crippen LogP contribution < -0.4 is 0 Å². The van der Waals surface area contributed by atoms with Gasteiger partial charge in [0, 0.05) is 13.7 Å². The van der Waals surface area contributed by atoms with Gasteiger partial charge in [-0.05, 0) is 26.6 Å². The van der Waals surface area contributed by atoms with Crippen LogP contribution in [0.4, 0.5) is 0 Å². The predicted octanol–water partition coefficient (Wildman–Crippen LogP) is 1.50. The number of likely N-dealkylation sites (N-methyl/N-ethyl adjacent to an activating group) is 1. The zero-order chi connectivity index (χ0) is 15.7. The molecule has 0 aromatic heterocycles. The fraction of sp³-hybridized carbons (Fsp3) is 0.625. The van der Waals surface area contributed by atoms with Crippen LogP contribution in [0.1, 0.15) is 12.5 Å². The van der Waals surface area contributed by atoms with Crippen molar-refractivity contribution in [3.63, 3.8) is 0 Å². The zero-order valence-electron chi connectivity index (χ0n) is 13.4. The molecule has 120 valence electrons. The maximum atomic E-state index is 10.2. The number of nitrogens with zero attached hydrogens (tertiary/aromatic N) is 1. The van der Waals surface area contributed by atoms with E-state index < -0.39 is 12.2 Å². The topological polar surface area (TPSA) is 51.2 Å². The molecular formula is C16H27NO4. The molecule has 1 aromatic rings. The number of methoxy groups -OCH3 is 1. The first-order valence-electron chi connectivity index (χ1n) is 7.15. The first-order chi connectivity index (χ1) is 10.0. The minimum absolute atomic E-state index is 0.317. The van der Waals surface area contributed by atoms with Crippen molar-refractivity contribution >= 4 is 0 Å². The van der Waals surface area contributed by atoms with E-state index in [1.807, 2.05) is 49.3 Å².